The van der Waals surface area contributed by atoms with Crippen LogP contribution in [-0.2, 0) is 9.59 Å². The summed E-state index contributed by atoms with van der Waals surface area (Å²) in [5.41, 5.74) is 0. The summed E-state index contributed by atoms with van der Waals surface area (Å²) in [6, 6.07) is -0.0142. The summed E-state index contributed by atoms with van der Waals surface area (Å²) in [6.45, 7) is 11.3. The second kappa shape index (κ2) is 11.3. The first-order valence-electron chi connectivity index (χ1n) is 12.1. The molecule has 0 unspecified atom stereocenters. The van der Waals surface area contributed by atoms with Crippen LogP contribution in [0, 0.1) is 11.8 Å². The summed E-state index contributed by atoms with van der Waals surface area (Å²) in [5.74, 6) is 1.07. The first-order valence-corrected chi connectivity index (χ1v) is 12.1. The third-order valence-corrected chi connectivity index (χ3v) is 7.34. The molecule has 1 saturated carbocycles. The van der Waals surface area contributed by atoms with Crippen LogP contribution in [0.1, 0.15) is 65.2 Å². The normalized spacial score (nSPS) is 24.4. The number of carbonyl (C=O) groups is 2. The Morgan fingerprint density at radius 2 is 1.59 bits per heavy atom. The van der Waals surface area contributed by atoms with E-state index in [1.54, 1.807) is 0 Å². The van der Waals surface area contributed by atoms with Crippen molar-refractivity contribution in [3.8, 4) is 0 Å². The van der Waals surface area contributed by atoms with E-state index in [0.717, 1.165) is 58.5 Å². The van der Waals surface area contributed by atoms with Crippen LogP contribution in [0.4, 0.5) is 0 Å². The van der Waals surface area contributed by atoms with Crippen molar-refractivity contribution < 1.29 is 9.59 Å². The van der Waals surface area contributed by atoms with Crippen LogP contribution in [0.15, 0.2) is 0 Å². The maximum atomic E-state index is 13.2. The minimum absolute atomic E-state index is 0.0142. The van der Waals surface area contributed by atoms with Crippen LogP contribution in [0.3, 0.4) is 0 Å². The number of nitrogens with zero attached hydrogens (tertiary/aromatic N) is 3. The number of hydrogen-bond acceptors (Lipinski definition) is 4. The monoisotopic (exact) mass is 406 g/mol. The predicted octanol–water partition coefficient (Wildman–Crippen LogP) is 2.34. The highest BCUT2D eigenvalue weighted by molar-refractivity contribution is 5.82. The van der Waals surface area contributed by atoms with Crippen LogP contribution in [0.5, 0.6) is 0 Å². The third-order valence-electron chi connectivity index (χ3n) is 7.34. The van der Waals surface area contributed by atoms with E-state index in [-0.39, 0.29) is 23.8 Å². The van der Waals surface area contributed by atoms with Gasteiger partial charge in [-0.25, -0.2) is 0 Å². The Hall–Kier alpha value is -1.14. The Labute approximate surface area is 177 Å². The Kier molecular flexibility index (Phi) is 8.79. The second-order valence-electron chi connectivity index (χ2n) is 9.35. The zero-order chi connectivity index (χ0) is 20.6. The molecular weight excluding hydrogens is 364 g/mol. The topological polar surface area (TPSA) is 55.9 Å². The van der Waals surface area contributed by atoms with Gasteiger partial charge in [-0.15, -0.1) is 0 Å². The molecule has 6 heteroatoms. The molecular formula is C23H42N4O2. The molecule has 0 spiro atoms. The standard InChI is InChI=1S/C23H42N4O2/c1-3-19(2)23(29)27-17-15-26(16-18-27)21(20-9-5-6-10-20)22(28)24-11-14-25-12-7-4-8-13-25/h19-21H,3-18H2,1-2H3,(H,24,28)/t19-,21-/m0/s1. The van der Waals surface area contributed by atoms with Crippen molar-refractivity contribution in [3.63, 3.8) is 0 Å². The smallest absolute Gasteiger partial charge is 0.237 e. The molecule has 3 rings (SSSR count). The van der Waals surface area contributed by atoms with E-state index in [4.69, 9.17) is 0 Å². The number of carbonyl (C=O) groups excluding carboxylic acids is 2. The van der Waals surface area contributed by atoms with E-state index in [0.29, 0.717) is 5.92 Å². The number of likely N-dealkylation sites (tertiary alicyclic amines) is 1. The minimum Gasteiger partial charge on any atom is -0.353 e. The van der Waals surface area contributed by atoms with Gasteiger partial charge in [0, 0.05) is 45.2 Å². The highest BCUT2D eigenvalue weighted by Gasteiger charge is 2.37. The molecule has 2 amide bonds. The van der Waals surface area contributed by atoms with Crippen molar-refractivity contribution in [1.29, 1.82) is 0 Å². The molecule has 1 aliphatic carbocycles. The van der Waals surface area contributed by atoms with Gasteiger partial charge in [-0.2, -0.15) is 0 Å². The lowest BCUT2D eigenvalue weighted by molar-refractivity contribution is -0.138. The SMILES string of the molecule is CC[C@H](C)C(=O)N1CCN([C@H](C(=O)NCCN2CCCCC2)C2CCCC2)CC1. The van der Waals surface area contributed by atoms with E-state index in [9.17, 15) is 9.59 Å². The van der Waals surface area contributed by atoms with Gasteiger partial charge in [0.2, 0.25) is 11.8 Å². The van der Waals surface area contributed by atoms with Crippen LogP contribution < -0.4 is 5.32 Å². The molecule has 2 saturated heterocycles. The average Bonchev–Trinajstić information content (AvgIpc) is 3.28. The molecule has 3 fully saturated rings. The average molecular weight is 407 g/mol. The molecule has 166 valence electrons. The minimum atomic E-state index is -0.0142. The Morgan fingerprint density at radius 1 is 0.931 bits per heavy atom. The molecule has 0 radical (unpaired) electrons. The van der Waals surface area contributed by atoms with E-state index >= 15 is 0 Å². The molecule has 0 aromatic carbocycles. The Morgan fingerprint density at radius 3 is 2.21 bits per heavy atom. The zero-order valence-electron chi connectivity index (χ0n) is 18.7. The molecule has 0 bridgehead atoms. The van der Waals surface area contributed by atoms with Crippen molar-refractivity contribution in [2.75, 3.05) is 52.4 Å². The number of piperazine rings is 1. The lowest BCUT2D eigenvalue weighted by Crippen LogP contribution is -2.58. The first-order chi connectivity index (χ1) is 14.1. The van der Waals surface area contributed by atoms with Gasteiger partial charge in [-0.05, 0) is 51.1 Å². The second-order valence-corrected chi connectivity index (χ2v) is 9.35. The Bertz CT molecular complexity index is 521. The summed E-state index contributed by atoms with van der Waals surface area (Å²) < 4.78 is 0. The summed E-state index contributed by atoms with van der Waals surface area (Å²) in [6.07, 6.45) is 9.63. The van der Waals surface area contributed by atoms with Gasteiger partial charge in [-0.3, -0.25) is 14.5 Å². The van der Waals surface area contributed by atoms with Crippen molar-refractivity contribution in [2.45, 2.75) is 71.3 Å². The molecule has 0 aromatic heterocycles. The van der Waals surface area contributed by atoms with Crippen molar-refractivity contribution in [1.82, 2.24) is 20.0 Å². The van der Waals surface area contributed by atoms with Crippen LogP contribution in [0.25, 0.3) is 0 Å². The van der Waals surface area contributed by atoms with Crippen LogP contribution in [0.2, 0.25) is 0 Å². The zero-order valence-corrected chi connectivity index (χ0v) is 18.7. The van der Waals surface area contributed by atoms with Crippen LogP contribution >= 0.6 is 0 Å². The molecule has 1 N–H and O–H groups in total. The summed E-state index contributed by atoms with van der Waals surface area (Å²) >= 11 is 0. The van der Waals surface area contributed by atoms with Gasteiger partial charge < -0.3 is 15.1 Å². The molecule has 0 aromatic rings. The molecule has 2 atom stereocenters. The fraction of sp³-hybridized carbons (Fsp3) is 0.913. The summed E-state index contributed by atoms with van der Waals surface area (Å²) in [5, 5.41) is 3.26. The lowest BCUT2D eigenvalue weighted by Gasteiger charge is -2.41. The third kappa shape index (κ3) is 6.17. The van der Waals surface area contributed by atoms with Crippen LogP contribution in [-0.4, -0.2) is 84.9 Å². The number of piperidine rings is 1. The molecule has 6 nitrogen and oxygen atoms in total. The number of hydrogen-bond donors (Lipinski definition) is 1. The van der Waals surface area contributed by atoms with Gasteiger partial charge >= 0.3 is 0 Å². The van der Waals surface area contributed by atoms with Crippen molar-refractivity contribution >= 4 is 11.8 Å². The summed E-state index contributed by atoms with van der Waals surface area (Å²) in [7, 11) is 0. The van der Waals surface area contributed by atoms with Gasteiger partial charge in [0.05, 0.1) is 6.04 Å². The predicted molar refractivity (Wildman–Crippen MR) is 117 cm³/mol. The largest absolute Gasteiger partial charge is 0.353 e. The van der Waals surface area contributed by atoms with Crippen molar-refractivity contribution in [2.24, 2.45) is 11.8 Å². The quantitative estimate of drug-likeness (QED) is 0.672. The number of rotatable bonds is 8. The highest BCUT2D eigenvalue weighted by Crippen LogP contribution is 2.31. The number of nitrogens with one attached hydrogen (secondary N) is 1. The van der Waals surface area contributed by atoms with E-state index in [1.165, 1.54) is 45.2 Å². The van der Waals surface area contributed by atoms with Gasteiger partial charge in [0.25, 0.3) is 0 Å². The fourth-order valence-electron chi connectivity index (χ4n) is 5.28. The lowest BCUT2D eigenvalue weighted by atomic mass is 9.94. The van der Waals surface area contributed by atoms with E-state index in [2.05, 4.69) is 22.0 Å². The fourth-order valence-corrected chi connectivity index (χ4v) is 5.28. The number of amides is 2. The van der Waals surface area contributed by atoms with Gasteiger partial charge in [0.15, 0.2) is 0 Å². The van der Waals surface area contributed by atoms with Gasteiger partial charge in [0.1, 0.15) is 0 Å². The Balaban J connectivity index is 1.52. The maximum absolute atomic E-state index is 13.2. The van der Waals surface area contributed by atoms with E-state index in [1.807, 2.05) is 11.8 Å². The molecule has 2 aliphatic heterocycles. The maximum Gasteiger partial charge on any atom is 0.237 e. The molecule has 2 heterocycles. The molecule has 3 aliphatic rings. The molecule has 29 heavy (non-hydrogen) atoms. The highest BCUT2D eigenvalue weighted by atomic mass is 16.2. The van der Waals surface area contributed by atoms with Crippen molar-refractivity contribution in [3.05, 3.63) is 0 Å². The van der Waals surface area contributed by atoms with Gasteiger partial charge in [-0.1, -0.05) is 33.1 Å². The summed E-state index contributed by atoms with van der Waals surface area (Å²) in [4.78, 5) is 32.6. The van der Waals surface area contributed by atoms with E-state index < -0.39 is 0 Å². The first kappa shape index (κ1) is 22.5.